The van der Waals surface area contributed by atoms with Crippen LogP contribution in [-0.4, -0.2) is 28.1 Å². The quantitative estimate of drug-likeness (QED) is 0.622. The molecule has 0 spiro atoms. The van der Waals surface area contributed by atoms with Crippen molar-refractivity contribution in [2.75, 3.05) is 11.9 Å². The molecule has 0 fully saturated rings. The van der Waals surface area contributed by atoms with Gasteiger partial charge in [0.2, 0.25) is 0 Å². The summed E-state index contributed by atoms with van der Waals surface area (Å²) in [6.07, 6.45) is 0. The average Bonchev–Trinajstić information content (AvgIpc) is 3.05. The van der Waals surface area contributed by atoms with Crippen molar-refractivity contribution < 1.29 is 9.59 Å². The van der Waals surface area contributed by atoms with Crippen molar-refractivity contribution in [2.24, 2.45) is 5.92 Å². The molecule has 2 amide bonds. The van der Waals surface area contributed by atoms with E-state index in [9.17, 15) is 9.59 Å². The molecule has 1 unspecified atom stereocenters. The summed E-state index contributed by atoms with van der Waals surface area (Å²) < 4.78 is 1.97. The van der Waals surface area contributed by atoms with Crippen molar-refractivity contribution in [3.05, 3.63) is 82.7 Å². The van der Waals surface area contributed by atoms with E-state index >= 15 is 0 Å². The fourth-order valence-electron chi connectivity index (χ4n) is 3.27. The van der Waals surface area contributed by atoms with Gasteiger partial charge >= 0.3 is 0 Å². The first-order valence-electron chi connectivity index (χ1n) is 10.1. The molecule has 156 valence electrons. The van der Waals surface area contributed by atoms with Crippen LogP contribution >= 0.6 is 0 Å². The number of nitrogens with one attached hydrogen (secondary N) is 2. The van der Waals surface area contributed by atoms with Crippen LogP contribution in [0.1, 0.15) is 44.6 Å². The monoisotopic (exact) mass is 404 g/mol. The van der Waals surface area contributed by atoms with Gasteiger partial charge in [-0.05, 0) is 62.6 Å². The number of rotatable bonds is 7. The Hall–Kier alpha value is -3.41. The first-order chi connectivity index (χ1) is 14.3. The number of aromatic nitrogens is 2. The van der Waals surface area contributed by atoms with E-state index in [0.717, 1.165) is 23.5 Å². The smallest absolute Gasteiger partial charge is 0.255 e. The van der Waals surface area contributed by atoms with E-state index in [2.05, 4.69) is 22.7 Å². The van der Waals surface area contributed by atoms with E-state index in [1.807, 2.05) is 55.8 Å². The average molecular weight is 405 g/mol. The summed E-state index contributed by atoms with van der Waals surface area (Å²) in [6, 6.07) is 16.4. The van der Waals surface area contributed by atoms with Gasteiger partial charge in [-0.1, -0.05) is 31.2 Å². The molecule has 0 saturated carbocycles. The summed E-state index contributed by atoms with van der Waals surface area (Å²) in [5.41, 5.74) is 4.73. The molecule has 0 aliphatic heterocycles. The number of benzene rings is 2. The molecule has 0 radical (unpaired) electrons. The van der Waals surface area contributed by atoms with Crippen molar-refractivity contribution in [2.45, 2.75) is 34.2 Å². The lowest BCUT2D eigenvalue weighted by molar-refractivity contribution is 0.0945. The third-order valence-electron chi connectivity index (χ3n) is 4.98. The van der Waals surface area contributed by atoms with Gasteiger partial charge in [-0.15, -0.1) is 0 Å². The van der Waals surface area contributed by atoms with Crippen LogP contribution in [0.4, 0.5) is 5.69 Å². The van der Waals surface area contributed by atoms with Crippen LogP contribution in [0.15, 0.2) is 54.6 Å². The first-order valence-corrected chi connectivity index (χ1v) is 10.1. The minimum Gasteiger partial charge on any atom is -0.352 e. The summed E-state index contributed by atoms with van der Waals surface area (Å²) in [6.45, 7) is 9.27. The first kappa shape index (κ1) is 21.3. The van der Waals surface area contributed by atoms with Crippen LogP contribution in [0, 0.1) is 26.7 Å². The third-order valence-corrected chi connectivity index (χ3v) is 4.98. The highest BCUT2D eigenvalue weighted by atomic mass is 16.2. The number of aryl methyl sites for hydroxylation is 3. The van der Waals surface area contributed by atoms with Crippen molar-refractivity contribution in [3.8, 4) is 0 Å². The standard InChI is InChI=1S/C24H28N4O2/c1-16(15-28-19(4)12-18(3)27-28)14-25-23(29)21-11-10-17(2)22(13-21)26-24(30)20-8-6-5-7-9-20/h5-13,16H,14-15H2,1-4H3,(H,25,29)(H,26,30). The molecule has 1 aromatic heterocycles. The lowest BCUT2D eigenvalue weighted by atomic mass is 10.1. The highest BCUT2D eigenvalue weighted by Crippen LogP contribution is 2.18. The Balaban J connectivity index is 1.61. The molecule has 0 aliphatic rings. The SMILES string of the molecule is Cc1cc(C)n(CC(C)CNC(=O)c2ccc(C)c(NC(=O)c3ccccc3)c2)n1. The van der Waals surface area contributed by atoms with E-state index in [1.54, 1.807) is 24.3 Å². The molecule has 6 nitrogen and oxygen atoms in total. The maximum Gasteiger partial charge on any atom is 0.255 e. The van der Waals surface area contributed by atoms with Gasteiger partial charge in [0.05, 0.1) is 5.69 Å². The van der Waals surface area contributed by atoms with Gasteiger partial charge in [-0.25, -0.2) is 0 Å². The van der Waals surface area contributed by atoms with Gasteiger partial charge in [0.15, 0.2) is 0 Å². The summed E-state index contributed by atoms with van der Waals surface area (Å²) >= 11 is 0. The van der Waals surface area contributed by atoms with Gasteiger partial charge < -0.3 is 10.6 Å². The Labute approximate surface area is 177 Å². The van der Waals surface area contributed by atoms with Crippen LogP contribution in [-0.2, 0) is 6.54 Å². The Morgan fingerprint density at radius 1 is 0.967 bits per heavy atom. The number of hydrogen-bond donors (Lipinski definition) is 2. The highest BCUT2D eigenvalue weighted by Gasteiger charge is 2.13. The van der Waals surface area contributed by atoms with Gasteiger partial charge in [0.1, 0.15) is 0 Å². The zero-order valence-corrected chi connectivity index (χ0v) is 17.9. The van der Waals surface area contributed by atoms with Crippen LogP contribution in [0.3, 0.4) is 0 Å². The Morgan fingerprint density at radius 2 is 1.70 bits per heavy atom. The number of carbonyl (C=O) groups excluding carboxylic acids is 2. The second kappa shape index (κ2) is 9.39. The Kier molecular flexibility index (Phi) is 6.67. The van der Waals surface area contributed by atoms with Crippen LogP contribution < -0.4 is 10.6 Å². The van der Waals surface area contributed by atoms with Crippen molar-refractivity contribution in [1.29, 1.82) is 0 Å². The van der Waals surface area contributed by atoms with E-state index in [-0.39, 0.29) is 17.7 Å². The molecule has 0 bridgehead atoms. The molecule has 1 atom stereocenters. The summed E-state index contributed by atoms with van der Waals surface area (Å²) in [4.78, 5) is 25.1. The van der Waals surface area contributed by atoms with Crippen LogP contribution in [0.5, 0.6) is 0 Å². The molecule has 0 saturated heterocycles. The zero-order chi connectivity index (χ0) is 21.7. The van der Waals surface area contributed by atoms with Gasteiger partial charge in [0.25, 0.3) is 11.8 Å². The predicted octanol–water partition coefficient (Wildman–Crippen LogP) is 4.13. The second-order valence-corrected chi connectivity index (χ2v) is 7.77. The van der Waals surface area contributed by atoms with Crippen LogP contribution in [0.25, 0.3) is 0 Å². The fraction of sp³-hybridized carbons (Fsp3) is 0.292. The molecule has 3 aromatic rings. The lowest BCUT2D eigenvalue weighted by Gasteiger charge is -2.15. The van der Waals surface area contributed by atoms with Crippen LogP contribution in [0.2, 0.25) is 0 Å². The minimum absolute atomic E-state index is 0.162. The van der Waals surface area contributed by atoms with Crippen molar-refractivity contribution in [3.63, 3.8) is 0 Å². The van der Waals surface area contributed by atoms with Gasteiger partial charge in [0, 0.05) is 35.6 Å². The van der Waals surface area contributed by atoms with E-state index in [4.69, 9.17) is 0 Å². The minimum atomic E-state index is -0.199. The summed E-state index contributed by atoms with van der Waals surface area (Å²) in [5, 5.41) is 10.4. The third kappa shape index (κ3) is 5.35. The normalized spacial score (nSPS) is 11.7. The number of anilines is 1. The molecule has 2 N–H and O–H groups in total. The number of nitrogens with zero attached hydrogens (tertiary/aromatic N) is 2. The van der Waals surface area contributed by atoms with E-state index < -0.39 is 0 Å². The molecule has 6 heteroatoms. The van der Waals surface area contributed by atoms with Gasteiger partial charge in [-0.2, -0.15) is 5.10 Å². The number of amides is 2. The molecular formula is C24H28N4O2. The molecule has 0 aliphatic carbocycles. The topological polar surface area (TPSA) is 76.0 Å². The second-order valence-electron chi connectivity index (χ2n) is 7.77. The maximum atomic E-state index is 12.6. The maximum absolute atomic E-state index is 12.6. The molecule has 2 aromatic carbocycles. The van der Waals surface area contributed by atoms with E-state index in [0.29, 0.717) is 23.4 Å². The summed E-state index contributed by atoms with van der Waals surface area (Å²) in [7, 11) is 0. The lowest BCUT2D eigenvalue weighted by Crippen LogP contribution is -2.30. The van der Waals surface area contributed by atoms with Gasteiger partial charge in [-0.3, -0.25) is 14.3 Å². The Bertz CT molecular complexity index is 1040. The van der Waals surface area contributed by atoms with Crippen molar-refractivity contribution in [1.82, 2.24) is 15.1 Å². The largest absolute Gasteiger partial charge is 0.352 e. The zero-order valence-electron chi connectivity index (χ0n) is 17.9. The number of hydrogen-bond acceptors (Lipinski definition) is 3. The highest BCUT2D eigenvalue weighted by molar-refractivity contribution is 6.05. The molecule has 3 rings (SSSR count). The van der Waals surface area contributed by atoms with Crippen molar-refractivity contribution >= 4 is 17.5 Å². The molecule has 30 heavy (non-hydrogen) atoms. The summed E-state index contributed by atoms with van der Waals surface area (Å²) in [5.74, 6) is -0.130. The predicted molar refractivity (Wildman–Crippen MR) is 119 cm³/mol. The Morgan fingerprint density at radius 3 is 2.37 bits per heavy atom. The number of carbonyl (C=O) groups is 2. The molecular weight excluding hydrogens is 376 g/mol. The van der Waals surface area contributed by atoms with E-state index in [1.165, 1.54) is 0 Å². The molecule has 1 heterocycles. The fourth-order valence-corrected chi connectivity index (χ4v) is 3.27.